The van der Waals surface area contributed by atoms with Gasteiger partial charge in [-0.1, -0.05) is 0 Å². The highest BCUT2D eigenvalue weighted by Crippen LogP contribution is 2.16. The molecule has 0 aliphatic carbocycles. The fourth-order valence-electron chi connectivity index (χ4n) is 2.33. The van der Waals surface area contributed by atoms with E-state index in [-0.39, 0.29) is 0 Å². The average Bonchev–Trinajstić information content (AvgIpc) is 3.03. The maximum Gasteiger partial charge on any atom is 0.351 e. The van der Waals surface area contributed by atoms with Crippen LogP contribution in [0.5, 0.6) is 0 Å². The van der Waals surface area contributed by atoms with Gasteiger partial charge in [0.15, 0.2) is 5.65 Å². The number of halogens is 1. The van der Waals surface area contributed by atoms with Crippen molar-refractivity contribution >= 4 is 11.0 Å². The number of aromatic nitrogens is 7. The molecule has 4 aromatic heterocycles. The number of nitrogens with zero attached hydrogens (tertiary/aromatic N) is 7. The number of hydrogen-bond acceptors (Lipinski definition) is 6. The zero-order valence-corrected chi connectivity index (χ0v) is 12.9. The van der Waals surface area contributed by atoms with E-state index in [1.54, 1.807) is 12.3 Å². The van der Waals surface area contributed by atoms with Gasteiger partial charge < -0.3 is 0 Å². The Morgan fingerprint density at radius 3 is 2.68 bits per heavy atom. The van der Waals surface area contributed by atoms with Crippen LogP contribution < -0.4 is 11.2 Å². The molecule has 0 atom stereocenters. The Morgan fingerprint density at radius 1 is 1.04 bits per heavy atom. The predicted molar refractivity (Wildman–Crippen MR) is 85.3 cm³/mol. The van der Waals surface area contributed by atoms with Crippen LogP contribution in [0.25, 0.3) is 22.4 Å². The molecule has 0 saturated carbocycles. The van der Waals surface area contributed by atoms with Crippen LogP contribution in [0.3, 0.4) is 0 Å². The summed E-state index contributed by atoms with van der Waals surface area (Å²) in [6.45, 7) is 0. The molecule has 0 bridgehead atoms. The summed E-state index contributed by atoms with van der Waals surface area (Å²) >= 11 is 0. The highest BCUT2D eigenvalue weighted by Gasteiger charge is 2.10. The number of rotatable bonds is 2. The molecule has 0 aromatic carbocycles. The van der Waals surface area contributed by atoms with Gasteiger partial charge in [0.2, 0.25) is 0 Å². The van der Waals surface area contributed by atoms with Crippen LogP contribution in [-0.2, 0) is 7.05 Å². The smallest absolute Gasteiger partial charge is 0.267 e. The molecule has 9 nitrogen and oxygen atoms in total. The van der Waals surface area contributed by atoms with Crippen molar-refractivity contribution in [3.8, 4) is 11.4 Å². The predicted octanol–water partition coefficient (Wildman–Crippen LogP) is 0.199. The van der Waals surface area contributed by atoms with Crippen molar-refractivity contribution in [2.45, 2.75) is 0 Å². The van der Waals surface area contributed by atoms with E-state index in [2.05, 4.69) is 20.2 Å². The Kier molecular flexibility index (Phi) is 3.24. The monoisotopic (exact) mass is 339 g/mol. The average molecular weight is 339 g/mol. The minimum atomic E-state index is -0.588. The lowest BCUT2D eigenvalue weighted by molar-refractivity contribution is 0.618. The summed E-state index contributed by atoms with van der Waals surface area (Å²) in [5, 5.41) is 8.70. The molecule has 0 amide bonds. The second-order valence-electron chi connectivity index (χ2n) is 5.28. The van der Waals surface area contributed by atoms with Crippen LogP contribution in [0.4, 0.5) is 4.39 Å². The first-order valence-electron chi connectivity index (χ1n) is 7.15. The molecule has 0 saturated heterocycles. The molecule has 25 heavy (non-hydrogen) atoms. The number of pyridine rings is 2. The first-order chi connectivity index (χ1) is 12.0. The molecule has 4 rings (SSSR count). The number of hydrogen-bond donors (Lipinski definition) is 0. The van der Waals surface area contributed by atoms with Crippen molar-refractivity contribution in [3.05, 3.63) is 69.8 Å². The summed E-state index contributed by atoms with van der Waals surface area (Å²) in [4.78, 5) is 31.6. The van der Waals surface area contributed by atoms with Crippen molar-refractivity contribution in [3.63, 3.8) is 0 Å². The minimum absolute atomic E-state index is 0.380. The third-order valence-electron chi connectivity index (χ3n) is 3.63. The molecule has 0 N–H and O–H groups in total. The van der Waals surface area contributed by atoms with Crippen LogP contribution >= 0.6 is 0 Å². The zero-order valence-electron chi connectivity index (χ0n) is 12.9. The summed E-state index contributed by atoms with van der Waals surface area (Å²) in [5.74, 6) is -0.480. The maximum atomic E-state index is 13.3. The summed E-state index contributed by atoms with van der Waals surface area (Å²) < 4.78 is 16.8. The van der Waals surface area contributed by atoms with Gasteiger partial charge in [-0.05, 0) is 6.07 Å². The Labute approximate surface area is 138 Å². The van der Waals surface area contributed by atoms with E-state index in [1.807, 2.05) is 0 Å². The van der Waals surface area contributed by atoms with Crippen molar-refractivity contribution in [2.75, 3.05) is 0 Å². The SMILES string of the molecule is Cn1c(=O)cnn(-c2cnc3nn(-c4cncc(F)c4)cc3c2)c1=O. The molecule has 0 radical (unpaired) electrons. The largest absolute Gasteiger partial charge is 0.351 e. The molecule has 0 aliphatic heterocycles. The van der Waals surface area contributed by atoms with E-state index in [4.69, 9.17) is 0 Å². The number of fused-ring (bicyclic) bond motifs is 1. The van der Waals surface area contributed by atoms with Crippen molar-refractivity contribution in [2.24, 2.45) is 7.05 Å². The van der Waals surface area contributed by atoms with Gasteiger partial charge in [0.1, 0.15) is 12.0 Å². The fourth-order valence-corrected chi connectivity index (χ4v) is 2.33. The molecule has 0 aliphatic rings. The molecule has 4 aromatic rings. The van der Waals surface area contributed by atoms with Gasteiger partial charge in [0, 0.05) is 24.7 Å². The van der Waals surface area contributed by atoms with Gasteiger partial charge in [-0.25, -0.2) is 18.9 Å². The van der Waals surface area contributed by atoms with E-state index < -0.39 is 17.1 Å². The Bertz CT molecular complexity index is 1220. The Balaban J connectivity index is 1.85. The highest BCUT2D eigenvalue weighted by molar-refractivity contribution is 5.76. The summed E-state index contributed by atoms with van der Waals surface area (Å²) in [6.07, 6.45) is 6.67. The van der Waals surface area contributed by atoms with Gasteiger partial charge in [-0.2, -0.15) is 9.78 Å². The Hall–Kier alpha value is -3.69. The molecule has 124 valence electrons. The molecule has 0 fully saturated rings. The quantitative estimate of drug-likeness (QED) is 0.517. The second-order valence-corrected chi connectivity index (χ2v) is 5.28. The lowest BCUT2D eigenvalue weighted by atomic mass is 10.3. The lowest BCUT2D eigenvalue weighted by Gasteiger charge is -2.04. The van der Waals surface area contributed by atoms with Gasteiger partial charge in [-0.15, -0.1) is 5.10 Å². The van der Waals surface area contributed by atoms with Crippen LogP contribution in [0.15, 0.2) is 52.7 Å². The van der Waals surface area contributed by atoms with Crippen LogP contribution in [0.1, 0.15) is 0 Å². The molecule has 0 spiro atoms. The fraction of sp³-hybridized carbons (Fsp3) is 0.0667. The first kappa shape index (κ1) is 14.9. The maximum absolute atomic E-state index is 13.3. The van der Waals surface area contributed by atoms with E-state index in [9.17, 15) is 14.0 Å². The molecule has 4 heterocycles. The van der Waals surface area contributed by atoms with Crippen molar-refractivity contribution in [1.29, 1.82) is 0 Å². The van der Waals surface area contributed by atoms with E-state index >= 15 is 0 Å². The van der Waals surface area contributed by atoms with Crippen LogP contribution in [0, 0.1) is 5.82 Å². The standard InChI is InChI=1S/C15H10FN7O2/c1-21-13(24)7-19-23(15(21)25)12-2-9-8-22(20-14(9)18-6-12)11-3-10(16)4-17-5-11/h2-8H,1H3. The molecular formula is C15H10FN7O2. The minimum Gasteiger partial charge on any atom is -0.267 e. The molecular weight excluding hydrogens is 329 g/mol. The second kappa shape index (κ2) is 5.44. The van der Waals surface area contributed by atoms with Gasteiger partial charge in [-0.3, -0.25) is 14.3 Å². The zero-order chi connectivity index (χ0) is 17.6. The Morgan fingerprint density at radius 2 is 1.88 bits per heavy atom. The van der Waals surface area contributed by atoms with Gasteiger partial charge in [0.05, 0.1) is 30.0 Å². The van der Waals surface area contributed by atoms with E-state index in [1.165, 1.54) is 30.2 Å². The summed E-state index contributed by atoms with van der Waals surface area (Å²) in [6, 6.07) is 2.94. The lowest BCUT2D eigenvalue weighted by Crippen LogP contribution is -2.38. The third-order valence-corrected chi connectivity index (χ3v) is 3.63. The molecule has 0 unspecified atom stereocenters. The van der Waals surface area contributed by atoms with Crippen LogP contribution in [-0.4, -0.2) is 34.1 Å². The van der Waals surface area contributed by atoms with Gasteiger partial charge in [0.25, 0.3) is 5.56 Å². The van der Waals surface area contributed by atoms with Gasteiger partial charge >= 0.3 is 5.69 Å². The topological polar surface area (TPSA) is 100 Å². The normalized spacial score (nSPS) is 11.1. The summed E-state index contributed by atoms with van der Waals surface area (Å²) in [7, 11) is 1.36. The van der Waals surface area contributed by atoms with E-state index in [0.717, 1.165) is 21.6 Å². The molecule has 10 heteroatoms. The van der Waals surface area contributed by atoms with Crippen molar-refractivity contribution < 1.29 is 4.39 Å². The van der Waals surface area contributed by atoms with Crippen molar-refractivity contribution in [1.82, 2.24) is 34.1 Å². The van der Waals surface area contributed by atoms with E-state index in [0.29, 0.717) is 22.4 Å². The highest BCUT2D eigenvalue weighted by atomic mass is 19.1. The third kappa shape index (κ3) is 2.49. The first-order valence-corrected chi connectivity index (χ1v) is 7.15. The summed E-state index contributed by atoms with van der Waals surface area (Å²) in [5.41, 5.74) is 0.143. The van der Waals surface area contributed by atoms with Crippen LogP contribution in [0.2, 0.25) is 0 Å².